The summed E-state index contributed by atoms with van der Waals surface area (Å²) in [4.78, 5) is 15.3. The van der Waals surface area contributed by atoms with Crippen molar-refractivity contribution in [3.8, 4) is 0 Å². The highest BCUT2D eigenvalue weighted by Gasteiger charge is 1.95. The van der Waals surface area contributed by atoms with Gasteiger partial charge in [0, 0.05) is 6.66 Å². The van der Waals surface area contributed by atoms with E-state index in [9.17, 15) is 4.57 Å². The fraction of sp³-hybridized carbons (Fsp3) is 1.00. The zero-order valence-corrected chi connectivity index (χ0v) is 7.06. The van der Waals surface area contributed by atoms with Crippen LogP contribution < -0.4 is 0 Å². The number of unbranched alkanes of at least 4 members (excludes halogenated alkanes) is 1. The number of hydrogen-bond donors (Lipinski definition) is 2. The Kier molecular flexibility index (Phi) is 8.29. The molecule has 0 unspecified atom stereocenters. The third-order valence-electron chi connectivity index (χ3n) is 0.500. The molecule has 0 aliphatic heterocycles. The summed E-state index contributed by atoms with van der Waals surface area (Å²) in [5, 5.41) is 0. The van der Waals surface area contributed by atoms with Gasteiger partial charge in [-0.3, -0.25) is 4.57 Å². The molecule has 0 saturated carbocycles. The van der Waals surface area contributed by atoms with Crippen molar-refractivity contribution >= 4 is 7.60 Å². The van der Waals surface area contributed by atoms with Crippen molar-refractivity contribution in [2.24, 2.45) is 0 Å². The first kappa shape index (κ1) is 11.9. The summed E-state index contributed by atoms with van der Waals surface area (Å²) < 4.78 is 9.33. The van der Waals surface area contributed by atoms with Gasteiger partial charge in [0.25, 0.3) is 0 Å². The lowest BCUT2D eigenvalue weighted by Gasteiger charge is -1.84. The van der Waals surface area contributed by atoms with Gasteiger partial charge >= 0.3 is 7.60 Å². The molecule has 4 heteroatoms. The molecule has 0 aromatic heterocycles. The molecule has 0 fully saturated rings. The van der Waals surface area contributed by atoms with Crippen LogP contribution >= 0.6 is 7.60 Å². The molecule has 58 valence electrons. The molecule has 0 aliphatic rings. The summed E-state index contributed by atoms with van der Waals surface area (Å²) in [5.41, 5.74) is 0. The van der Waals surface area contributed by atoms with Gasteiger partial charge in [-0.2, -0.15) is 0 Å². The molecule has 0 heterocycles. The maximum Gasteiger partial charge on any atom is 0.322 e. The standard InChI is InChI=1S/C4H10.CH5O3P/c1-3-4-2;1-5(2,3)4/h3-4H2,1-2H3;1H3,(H2,2,3,4). The average Bonchev–Trinajstić information content (AvgIpc) is 1.61. The van der Waals surface area contributed by atoms with Crippen molar-refractivity contribution in [3.63, 3.8) is 0 Å². The molecule has 0 bridgehead atoms. The van der Waals surface area contributed by atoms with Gasteiger partial charge in [-0.1, -0.05) is 26.7 Å². The third kappa shape index (κ3) is 233. The van der Waals surface area contributed by atoms with Crippen LogP contribution in [0.4, 0.5) is 0 Å². The Bertz CT molecular complexity index is 75.9. The third-order valence-corrected chi connectivity index (χ3v) is 0.500. The SMILES string of the molecule is CCCC.CP(=O)(O)O. The lowest BCUT2D eigenvalue weighted by atomic mass is 10.4. The van der Waals surface area contributed by atoms with Crippen LogP contribution in [0, 0.1) is 0 Å². The zero-order chi connectivity index (χ0) is 7.91. The van der Waals surface area contributed by atoms with Crippen LogP contribution in [-0.4, -0.2) is 16.5 Å². The van der Waals surface area contributed by atoms with E-state index in [1.54, 1.807) is 0 Å². The van der Waals surface area contributed by atoms with Gasteiger partial charge in [-0.15, -0.1) is 0 Å². The van der Waals surface area contributed by atoms with Gasteiger partial charge < -0.3 is 9.79 Å². The maximum atomic E-state index is 9.33. The van der Waals surface area contributed by atoms with Crippen LogP contribution in [0.15, 0.2) is 0 Å². The Morgan fingerprint density at radius 2 is 1.33 bits per heavy atom. The van der Waals surface area contributed by atoms with Gasteiger partial charge in [0.05, 0.1) is 0 Å². The Hall–Kier alpha value is 0.150. The van der Waals surface area contributed by atoms with Crippen molar-refractivity contribution in [1.82, 2.24) is 0 Å². The minimum atomic E-state index is -3.64. The summed E-state index contributed by atoms with van der Waals surface area (Å²) in [5.74, 6) is 0. The lowest BCUT2D eigenvalue weighted by molar-refractivity contribution is 0.381. The summed E-state index contributed by atoms with van der Waals surface area (Å²) in [7, 11) is -3.64. The van der Waals surface area contributed by atoms with E-state index >= 15 is 0 Å². The van der Waals surface area contributed by atoms with E-state index in [4.69, 9.17) is 9.79 Å². The van der Waals surface area contributed by atoms with E-state index in [2.05, 4.69) is 13.8 Å². The monoisotopic (exact) mass is 154 g/mol. The van der Waals surface area contributed by atoms with E-state index in [0.29, 0.717) is 0 Å². The van der Waals surface area contributed by atoms with E-state index in [1.807, 2.05) is 0 Å². The quantitative estimate of drug-likeness (QED) is 0.564. The van der Waals surface area contributed by atoms with Crippen molar-refractivity contribution < 1.29 is 14.4 Å². The van der Waals surface area contributed by atoms with E-state index in [0.717, 1.165) is 6.66 Å². The molecule has 0 aromatic carbocycles. The molecule has 0 saturated heterocycles. The van der Waals surface area contributed by atoms with E-state index in [1.165, 1.54) is 12.8 Å². The minimum Gasteiger partial charge on any atom is -0.325 e. The maximum absolute atomic E-state index is 9.33. The molecule has 2 N–H and O–H groups in total. The number of rotatable bonds is 1. The van der Waals surface area contributed by atoms with Crippen LogP contribution in [-0.2, 0) is 4.57 Å². The zero-order valence-electron chi connectivity index (χ0n) is 6.16. The fourth-order valence-electron chi connectivity index (χ4n) is 0. The highest BCUT2D eigenvalue weighted by Crippen LogP contribution is 2.26. The van der Waals surface area contributed by atoms with Crippen LogP contribution in [0.25, 0.3) is 0 Å². The van der Waals surface area contributed by atoms with Crippen molar-refractivity contribution in [1.29, 1.82) is 0 Å². The van der Waals surface area contributed by atoms with Crippen molar-refractivity contribution in [3.05, 3.63) is 0 Å². The predicted octanol–water partition coefficient (Wildman–Crippen LogP) is 1.60. The summed E-state index contributed by atoms with van der Waals surface area (Å²) in [6.07, 6.45) is 2.64. The molecular formula is C5H15O3P. The van der Waals surface area contributed by atoms with E-state index < -0.39 is 7.60 Å². The minimum absolute atomic E-state index is 0.854. The Balaban J connectivity index is 0. The highest BCUT2D eigenvalue weighted by atomic mass is 31.2. The molecule has 0 atom stereocenters. The van der Waals surface area contributed by atoms with Gasteiger partial charge in [0.15, 0.2) is 0 Å². The molecular weight excluding hydrogens is 139 g/mol. The predicted molar refractivity (Wildman–Crippen MR) is 38.6 cm³/mol. The molecule has 0 aliphatic carbocycles. The topological polar surface area (TPSA) is 57.5 Å². The fourth-order valence-corrected chi connectivity index (χ4v) is 0. The summed E-state index contributed by atoms with van der Waals surface area (Å²) in [6, 6.07) is 0. The normalized spacial score (nSPS) is 9.89. The first-order chi connectivity index (χ1) is 3.91. The van der Waals surface area contributed by atoms with Gasteiger partial charge in [0.1, 0.15) is 0 Å². The smallest absolute Gasteiger partial charge is 0.322 e. The molecule has 0 radical (unpaired) electrons. The van der Waals surface area contributed by atoms with Gasteiger partial charge in [-0.25, -0.2) is 0 Å². The largest absolute Gasteiger partial charge is 0.325 e. The second kappa shape index (κ2) is 6.27. The first-order valence-corrected chi connectivity index (χ1v) is 5.00. The van der Waals surface area contributed by atoms with Crippen LogP contribution in [0.5, 0.6) is 0 Å². The second-order valence-electron chi connectivity index (χ2n) is 1.84. The summed E-state index contributed by atoms with van der Waals surface area (Å²) >= 11 is 0. The van der Waals surface area contributed by atoms with Crippen LogP contribution in [0.2, 0.25) is 0 Å². The van der Waals surface area contributed by atoms with E-state index in [-0.39, 0.29) is 0 Å². The van der Waals surface area contributed by atoms with Crippen LogP contribution in [0.3, 0.4) is 0 Å². The van der Waals surface area contributed by atoms with Gasteiger partial charge in [0.2, 0.25) is 0 Å². The van der Waals surface area contributed by atoms with Crippen molar-refractivity contribution in [2.45, 2.75) is 26.7 Å². The molecule has 0 rings (SSSR count). The average molecular weight is 154 g/mol. The highest BCUT2D eigenvalue weighted by molar-refractivity contribution is 7.50. The lowest BCUT2D eigenvalue weighted by Crippen LogP contribution is -1.64. The first-order valence-electron chi connectivity index (χ1n) is 2.94. The molecule has 0 spiro atoms. The van der Waals surface area contributed by atoms with Crippen LogP contribution in [0.1, 0.15) is 26.7 Å². The Morgan fingerprint density at radius 3 is 1.33 bits per heavy atom. The van der Waals surface area contributed by atoms with Crippen molar-refractivity contribution in [2.75, 3.05) is 6.66 Å². The Labute approximate surface area is 56.3 Å². The molecule has 3 nitrogen and oxygen atoms in total. The molecule has 9 heavy (non-hydrogen) atoms. The summed E-state index contributed by atoms with van der Waals surface area (Å²) in [6.45, 7) is 5.22. The molecule has 0 amide bonds. The second-order valence-corrected chi connectivity index (χ2v) is 3.51. The molecule has 0 aromatic rings. The van der Waals surface area contributed by atoms with Gasteiger partial charge in [-0.05, 0) is 0 Å². The number of hydrogen-bond acceptors (Lipinski definition) is 1. The Morgan fingerprint density at radius 1 is 1.22 bits per heavy atom.